The number of aliphatic hydroxyl groups excluding tert-OH is 1. The maximum absolute atomic E-state index is 10.6. The van der Waals surface area contributed by atoms with Gasteiger partial charge in [-0.05, 0) is 6.42 Å². The molecule has 0 radical (unpaired) electrons. The van der Waals surface area contributed by atoms with E-state index in [2.05, 4.69) is 5.32 Å². The van der Waals surface area contributed by atoms with Crippen LogP contribution in [0.3, 0.4) is 0 Å². The molecule has 0 heterocycles. The van der Waals surface area contributed by atoms with Crippen molar-refractivity contribution >= 4 is 5.91 Å². The number of rotatable bonds is 2. The van der Waals surface area contributed by atoms with Gasteiger partial charge in [-0.1, -0.05) is 12.2 Å². The SMILES string of the molecule is CC(=O)NC1C=CC(CO)C1. The normalized spacial score (nSPS) is 28.9. The van der Waals surface area contributed by atoms with Gasteiger partial charge in [0.15, 0.2) is 0 Å². The summed E-state index contributed by atoms with van der Waals surface area (Å²) in [5.74, 6) is 0.213. The summed E-state index contributed by atoms with van der Waals surface area (Å²) in [7, 11) is 0. The van der Waals surface area contributed by atoms with Crippen LogP contribution in [0.15, 0.2) is 12.2 Å². The summed E-state index contributed by atoms with van der Waals surface area (Å²) >= 11 is 0. The number of aliphatic hydroxyl groups is 1. The van der Waals surface area contributed by atoms with E-state index in [9.17, 15) is 4.79 Å². The molecule has 2 atom stereocenters. The van der Waals surface area contributed by atoms with Gasteiger partial charge in [0.1, 0.15) is 0 Å². The van der Waals surface area contributed by atoms with Crippen LogP contribution in [-0.4, -0.2) is 23.7 Å². The van der Waals surface area contributed by atoms with Gasteiger partial charge in [0.25, 0.3) is 0 Å². The van der Waals surface area contributed by atoms with Gasteiger partial charge in [0.05, 0.1) is 0 Å². The molecule has 1 aliphatic carbocycles. The molecule has 1 aliphatic rings. The molecule has 0 fully saturated rings. The Balaban J connectivity index is 2.32. The number of amides is 1. The standard InChI is InChI=1S/C8H13NO2/c1-6(11)9-8-3-2-7(4-8)5-10/h2-3,7-8,10H,4-5H2,1H3,(H,9,11). The second-order valence-electron chi connectivity index (χ2n) is 2.87. The van der Waals surface area contributed by atoms with E-state index >= 15 is 0 Å². The third kappa shape index (κ3) is 2.35. The van der Waals surface area contributed by atoms with Crippen molar-refractivity contribution in [1.82, 2.24) is 5.32 Å². The smallest absolute Gasteiger partial charge is 0.217 e. The van der Waals surface area contributed by atoms with E-state index in [4.69, 9.17) is 5.11 Å². The summed E-state index contributed by atoms with van der Waals surface area (Å²) in [6, 6.07) is 0.129. The summed E-state index contributed by atoms with van der Waals surface area (Å²) in [4.78, 5) is 10.6. The van der Waals surface area contributed by atoms with E-state index in [1.54, 1.807) is 0 Å². The van der Waals surface area contributed by atoms with Gasteiger partial charge in [0, 0.05) is 25.5 Å². The lowest BCUT2D eigenvalue weighted by molar-refractivity contribution is -0.119. The van der Waals surface area contributed by atoms with Crippen molar-refractivity contribution in [2.45, 2.75) is 19.4 Å². The number of carbonyl (C=O) groups excluding carboxylic acids is 1. The Hall–Kier alpha value is -0.830. The highest BCUT2D eigenvalue weighted by molar-refractivity contribution is 5.73. The molecule has 0 aromatic carbocycles. The minimum absolute atomic E-state index is 0.0155. The minimum Gasteiger partial charge on any atom is -0.396 e. The summed E-state index contributed by atoms with van der Waals surface area (Å²) < 4.78 is 0. The van der Waals surface area contributed by atoms with E-state index in [-0.39, 0.29) is 24.5 Å². The zero-order valence-corrected chi connectivity index (χ0v) is 6.58. The van der Waals surface area contributed by atoms with Gasteiger partial charge in [0.2, 0.25) is 5.91 Å². The lowest BCUT2D eigenvalue weighted by Gasteiger charge is -2.10. The summed E-state index contributed by atoms with van der Waals surface area (Å²) in [6.45, 7) is 1.67. The predicted octanol–water partition coefficient (Wildman–Crippen LogP) is 0.0595. The van der Waals surface area contributed by atoms with Crippen molar-refractivity contribution in [3.63, 3.8) is 0 Å². The van der Waals surface area contributed by atoms with Crippen LogP contribution in [0.5, 0.6) is 0 Å². The Labute approximate surface area is 66.1 Å². The summed E-state index contributed by atoms with van der Waals surface area (Å²) in [6.07, 6.45) is 4.71. The Bertz CT molecular complexity index is 177. The van der Waals surface area contributed by atoms with Gasteiger partial charge in [-0.3, -0.25) is 4.79 Å². The molecule has 3 heteroatoms. The number of carbonyl (C=O) groups is 1. The Morgan fingerprint density at radius 3 is 2.91 bits per heavy atom. The van der Waals surface area contributed by atoms with Gasteiger partial charge in [-0.25, -0.2) is 0 Å². The largest absolute Gasteiger partial charge is 0.396 e. The van der Waals surface area contributed by atoms with Gasteiger partial charge in [-0.2, -0.15) is 0 Å². The van der Waals surface area contributed by atoms with Crippen molar-refractivity contribution in [2.24, 2.45) is 5.92 Å². The van der Waals surface area contributed by atoms with Crippen LogP contribution in [0.4, 0.5) is 0 Å². The van der Waals surface area contributed by atoms with Crippen LogP contribution in [0.25, 0.3) is 0 Å². The number of nitrogens with one attached hydrogen (secondary N) is 1. The van der Waals surface area contributed by atoms with Crippen LogP contribution in [0, 0.1) is 5.92 Å². The third-order valence-corrected chi connectivity index (χ3v) is 1.80. The van der Waals surface area contributed by atoms with Gasteiger partial charge in [-0.15, -0.1) is 0 Å². The van der Waals surface area contributed by atoms with Crippen LogP contribution < -0.4 is 5.32 Å². The number of hydrogen-bond acceptors (Lipinski definition) is 2. The second kappa shape index (κ2) is 3.53. The quantitative estimate of drug-likeness (QED) is 0.554. The first-order chi connectivity index (χ1) is 5.22. The molecule has 0 aromatic rings. The molecule has 0 aromatic heterocycles. The van der Waals surface area contributed by atoms with E-state index < -0.39 is 0 Å². The molecule has 62 valence electrons. The lowest BCUT2D eigenvalue weighted by atomic mass is 10.1. The van der Waals surface area contributed by atoms with Crippen molar-refractivity contribution < 1.29 is 9.90 Å². The lowest BCUT2D eigenvalue weighted by Crippen LogP contribution is -2.30. The third-order valence-electron chi connectivity index (χ3n) is 1.80. The first-order valence-corrected chi connectivity index (χ1v) is 3.78. The fraction of sp³-hybridized carbons (Fsp3) is 0.625. The fourth-order valence-electron chi connectivity index (χ4n) is 1.28. The molecule has 2 unspecified atom stereocenters. The maximum atomic E-state index is 10.6. The summed E-state index contributed by atoms with van der Waals surface area (Å²) in [5.41, 5.74) is 0. The zero-order chi connectivity index (χ0) is 8.27. The molecule has 2 N–H and O–H groups in total. The molecule has 3 nitrogen and oxygen atoms in total. The molecule has 0 saturated heterocycles. The van der Waals surface area contributed by atoms with Crippen molar-refractivity contribution in [3.05, 3.63) is 12.2 Å². The van der Waals surface area contributed by atoms with Crippen molar-refractivity contribution in [1.29, 1.82) is 0 Å². The monoisotopic (exact) mass is 155 g/mol. The van der Waals surface area contributed by atoms with Gasteiger partial charge < -0.3 is 10.4 Å². The molecule has 1 rings (SSSR count). The van der Waals surface area contributed by atoms with E-state index in [1.807, 2.05) is 12.2 Å². The second-order valence-corrected chi connectivity index (χ2v) is 2.87. The van der Waals surface area contributed by atoms with Crippen molar-refractivity contribution in [3.8, 4) is 0 Å². The summed E-state index contributed by atoms with van der Waals surface area (Å²) in [5, 5.41) is 11.5. The zero-order valence-electron chi connectivity index (χ0n) is 6.58. The average molecular weight is 155 g/mol. The molecule has 11 heavy (non-hydrogen) atoms. The average Bonchev–Trinajstić information content (AvgIpc) is 2.34. The molecule has 0 aliphatic heterocycles. The maximum Gasteiger partial charge on any atom is 0.217 e. The molecule has 0 spiro atoms. The Morgan fingerprint density at radius 2 is 2.45 bits per heavy atom. The van der Waals surface area contributed by atoms with E-state index in [0.717, 1.165) is 6.42 Å². The first kappa shape index (κ1) is 8.27. The first-order valence-electron chi connectivity index (χ1n) is 3.78. The van der Waals surface area contributed by atoms with Crippen LogP contribution in [0.2, 0.25) is 0 Å². The van der Waals surface area contributed by atoms with Crippen LogP contribution in [-0.2, 0) is 4.79 Å². The molecule has 0 bridgehead atoms. The van der Waals surface area contributed by atoms with Crippen LogP contribution >= 0.6 is 0 Å². The molecule has 0 saturated carbocycles. The van der Waals surface area contributed by atoms with Crippen LogP contribution in [0.1, 0.15) is 13.3 Å². The van der Waals surface area contributed by atoms with E-state index in [0.29, 0.717) is 0 Å². The fourth-order valence-corrected chi connectivity index (χ4v) is 1.28. The predicted molar refractivity (Wildman–Crippen MR) is 41.9 cm³/mol. The Morgan fingerprint density at radius 1 is 1.73 bits per heavy atom. The molecular weight excluding hydrogens is 142 g/mol. The van der Waals surface area contributed by atoms with Gasteiger partial charge >= 0.3 is 0 Å². The molecular formula is C8H13NO2. The van der Waals surface area contributed by atoms with Crippen molar-refractivity contribution in [2.75, 3.05) is 6.61 Å². The number of hydrogen-bond donors (Lipinski definition) is 2. The topological polar surface area (TPSA) is 49.3 Å². The highest BCUT2D eigenvalue weighted by Crippen LogP contribution is 2.16. The minimum atomic E-state index is -0.0155. The van der Waals surface area contributed by atoms with E-state index in [1.165, 1.54) is 6.92 Å². The highest BCUT2D eigenvalue weighted by atomic mass is 16.3. The highest BCUT2D eigenvalue weighted by Gasteiger charge is 2.17. The Kier molecular flexibility index (Phi) is 2.65. The molecule has 1 amide bonds.